The highest BCUT2D eigenvalue weighted by atomic mass is 16.1. The molecule has 10 heavy (non-hydrogen) atoms. The van der Waals surface area contributed by atoms with Gasteiger partial charge in [-0.15, -0.1) is 0 Å². The fraction of sp³-hybridized carbons (Fsp3) is 0.714. The van der Waals surface area contributed by atoms with E-state index in [1.807, 2.05) is 6.21 Å². The topological polar surface area (TPSA) is 55.5 Å². The molecule has 0 aromatic heterocycles. The van der Waals surface area contributed by atoms with Gasteiger partial charge in [-0.05, 0) is 25.0 Å². The molecule has 0 bridgehead atoms. The summed E-state index contributed by atoms with van der Waals surface area (Å²) in [6.45, 7) is 0.808. The fourth-order valence-corrected chi connectivity index (χ4v) is 1.70. The lowest BCUT2D eigenvalue weighted by atomic mass is 9.97. The van der Waals surface area contributed by atoms with Crippen molar-refractivity contribution in [1.82, 2.24) is 0 Å². The molecule has 1 aliphatic heterocycles. The number of primary amides is 1. The number of nitrogens with zero attached hydrogens (tertiary/aromatic N) is 1. The van der Waals surface area contributed by atoms with Crippen molar-refractivity contribution in [1.29, 1.82) is 0 Å². The molecule has 1 heterocycles. The van der Waals surface area contributed by atoms with Crippen LogP contribution in [-0.2, 0) is 4.79 Å². The highest BCUT2D eigenvalue weighted by Gasteiger charge is 2.58. The van der Waals surface area contributed by atoms with E-state index in [0.29, 0.717) is 5.92 Å². The number of carbonyl (C=O) groups is 1. The Kier molecular flexibility index (Phi) is 0.938. The first-order valence-corrected chi connectivity index (χ1v) is 3.54. The molecule has 54 valence electrons. The van der Waals surface area contributed by atoms with Crippen LogP contribution >= 0.6 is 0 Å². The third-order valence-corrected chi connectivity index (χ3v) is 2.63. The molecule has 1 amide bonds. The van der Waals surface area contributed by atoms with Gasteiger partial charge < -0.3 is 5.73 Å². The Morgan fingerprint density at radius 1 is 1.80 bits per heavy atom. The quantitative estimate of drug-likeness (QED) is 0.542. The molecular weight excluding hydrogens is 128 g/mol. The van der Waals surface area contributed by atoms with E-state index in [1.54, 1.807) is 0 Å². The van der Waals surface area contributed by atoms with Crippen molar-refractivity contribution in [2.24, 2.45) is 22.1 Å². The second-order valence-corrected chi connectivity index (χ2v) is 3.17. The highest BCUT2D eigenvalue weighted by molar-refractivity contribution is 5.88. The van der Waals surface area contributed by atoms with Crippen molar-refractivity contribution in [2.45, 2.75) is 12.8 Å². The van der Waals surface area contributed by atoms with Gasteiger partial charge in [0.15, 0.2) is 0 Å². The number of hydrogen-bond donors (Lipinski definition) is 1. The zero-order valence-corrected chi connectivity index (χ0v) is 5.71. The predicted octanol–water partition coefficient (Wildman–Crippen LogP) is -0.0475. The molecule has 0 aromatic carbocycles. The van der Waals surface area contributed by atoms with Crippen molar-refractivity contribution in [3.05, 3.63) is 0 Å². The van der Waals surface area contributed by atoms with Gasteiger partial charge in [-0.1, -0.05) is 0 Å². The van der Waals surface area contributed by atoms with E-state index in [4.69, 9.17) is 5.73 Å². The standard InChI is InChI=1S/C7H10N2O/c8-6(10)7-1-2-9-4-5(7)3-7/h2,5H,1,3-4H2,(H2,8,10). The number of rotatable bonds is 1. The maximum atomic E-state index is 10.9. The summed E-state index contributed by atoms with van der Waals surface area (Å²) in [5.41, 5.74) is 5.08. The van der Waals surface area contributed by atoms with E-state index in [9.17, 15) is 4.79 Å². The minimum absolute atomic E-state index is 0.136. The normalized spacial score (nSPS) is 42.6. The molecule has 0 spiro atoms. The molecule has 1 saturated carbocycles. The SMILES string of the molecule is NC(=O)C12CC=NCC1C2. The van der Waals surface area contributed by atoms with Crippen LogP contribution in [0.2, 0.25) is 0 Å². The summed E-state index contributed by atoms with van der Waals surface area (Å²) in [4.78, 5) is 15.0. The molecule has 1 aliphatic carbocycles. The van der Waals surface area contributed by atoms with Crippen LogP contribution in [0.3, 0.4) is 0 Å². The summed E-state index contributed by atoms with van der Waals surface area (Å²) in [6, 6.07) is 0. The zero-order valence-electron chi connectivity index (χ0n) is 5.71. The molecule has 2 atom stereocenters. The van der Waals surface area contributed by atoms with Gasteiger partial charge in [0.1, 0.15) is 0 Å². The van der Waals surface area contributed by atoms with Crippen molar-refractivity contribution < 1.29 is 4.79 Å². The molecule has 1 fully saturated rings. The molecule has 3 heteroatoms. The lowest BCUT2D eigenvalue weighted by molar-refractivity contribution is -0.123. The van der Waals surface area contributed by atoms with Gasteiger partial charge in [-0.3, -0.25) is 9.79 Å². The predicted molar refractivity (Wildman–Crippen MR) is 37.7 cm³/mol. The highest BCUT2D eigenvalue weighted by Crippen LogP contribution is 2.56. The maximum Gasteiger partial charge on any atom is 0.224 e. The molecule has 0 radical (unpaired) electrons. The third kappa shape index (κ3) is 0.549. The van der Waals surface area contributed by atoms with Crippen molar-refractivity contribution in [3.8, 4) is 0 Å². The molecule has 2 unspecified atom stereocenters. The summed E-state index contributed by atoms with van der Waals surface area (Å²) >= 11 is 0. The molecule has 0 aromatic rings. The van der Waals surface area contributed by atoms with Crippen molar-refractivity contribution in [2.75, 3.05) is 6.54 Å². The van der Waals surface area contributed by atoms with Crippen LogP contribution in [0.5, 0.6) is 0 Å². The molecular formula is C7H10N2O. The smallest absolute Gasteiger partial charge is 0.224 e. The lowest BCUT2D eigenvalue weighted by Crippen LogP contribution is -2.29. The molecule has 2 aliphatic rings. The van der Waals surface area contributed by atoms with Crippen LogP contribution in [-0.4, -0.2) is 18.7 Å². The molecule has 2 N–H and O–H groups in total. The van der Waals surface area contributed by atoms with E-state index >= 15 is 0 Å². The van der Waals surface area contributed by atoms with Gasteiger partial charge in [0.05, 0.1) is 5.41 Å². The molecule has 2 rings (SSSR count). The second kappa shape index (κ2) is 1.59. The Labute approximate surface area is 59.3 Å². The number of hydrogen-bond acceptors (Lipinski definition) is 2. The number of carbonyl (C=O) groups excluding carboxylic acids is 1. The van der Waals surface area contributed by atoms with E-state index in [0.717, 1.165) is 19.4 Å². The number of fused-ring (bicyclic) bond motifs is 1. The molecule has 0 saturated heterocycles. The summed E-state index contributed by atoms with van der Waals surface area (Å²) in [5, 5.41) is 0. The average molecular weight is 138 g/mol. The Morgan fingerprint density at radius 3 is 3.10 bits per heavy atom. The van der Waals surface area contributed by atoms with E-state index in [-0.39, 0.29) is 11.3 Å². The van der Waals surface area contributed by atoms with Crippen molar-refractivity contribution in [3.63, 3.8) is 0 Å². The van der Waals surface area contributed by atoms with Gasteiger partial charge in [-0.2, -0.15) is 0 Å². The van der Waals surface area contributed by atoms with Gasteiger partial charge >= 0.3 is 0 Å². The Bertz CT molecular complexity index is 212. The number of nitrogens with two attached hydrogens (primary N) is 1. The van der Waals surface area contributed by atoms with Crippen LogP contribution < -0.4 is 5.73 Å². The monoisotopic (exact) mass is 138 g/mol. The first-order valence-electron chi connectivity index (χ1n) is 3.54. The minimum atomic E-state index is -0.165. The Balaban J connectivity index is 2.21. The largest absolute Gasteiger partial charge is 0.369 e. The van der Waals surface area contributed by atoms with Gasteiger partial charge in [-0.25, -0.2) is 0 Å². The van der Waals surface area contributed by atoms with Gasteiger partial charge in [0.2, 0.25) is 5.91 Å². The fourth-order valence-electron chi connectivity index (χ4n) is 1.70. The van der Waals surface area contributed by atoms with E-state index in [1.165, 1.54) is 0 Å². The van der Waals surface area contributed by atoms with Crippen LogP contribution in [0.1, 0.15) is 12.8 Å². The molecule has 3 nitrogen and oxygen atoms in total. The first kappa shape index (κ1) is 5.89. The van der Waals surface area contributed by atoms with Gasteiger partial charge in [0, 0.05) is 6.54 Å². The maximum absolute atomic E-state index is 10.9. The van der Waals surface area contributed by atoms with Crippen molar-refractivity contribution >= 4 is 12.1 Å². The van der Waals surface area contributed by atoms with Crippen LogP contribution in [0.25, 0.3) is 0 Å². The first-order chi connectivity index (χ1) is 4.76. The van der Waals surface area contributed by atoms with E-state index < -0.39 is 0 Å². The number of amides is 1. The minimum Gasteiger partial charge on any atom is -0.369 e. The van der Waals surface area contributed by atoms with Crippen LogP contribution in [0, 0.1) is 11.3 Å². The summed E-state index contributed by atoms with van der Waals surface area (Å²) in [5.74, 6) is 0.332. The Morgan fingerprint density at radius 2 is 2.60 bits per heavy atom. The average Bonchev–Trinajstić information content (AvgIpc) is 2.61. The number of aliphatic imine (C=N–C) groups is 1. The zero-order chi connectivity index (χ0) is 7.19. The lowest BCUT2D eigenvalue weighted by Gasteiger charge is -2.12. The Hall–Kier alpha value is -0.860. The van der Waals surface area contributed by atoms with Crippen LogP contribution in [0.4, 0.5) is 0 Å². The summed E-state index contributed by atoms with van der Waals surface area (Å²) in [6.07, 6.45) is 3.56. The summed E-state index contributed by atoms with van der Waals surface area (Å²) < 4.78 is 0. The van der Waals surface area contributed by atoms with Crippen LogP contribution in [0.15, 0.2) is 4.99 Å². The third-order valence-electron chi connectivity index (χ3n) is 2.63. The second-order valence-electron chi connectivity index (χ2n) is 3.17. The summed E-state index contributed by atoms with van der Waals surface area (Å²) in [7, 11) is 0. The van der Waals surface area contributed by atoms with E-state index in [2.05, 4.69) is 4.99 Å². The van der Waals surface area contributed by atoms with Gasteiger partial charge in [0.25, 0.3) is 0 Å².